The third-order valence-electron chi connectivity index (χ3n) is 3.77. The highest BCUT2D eigenvalue weighted by Gasteiger charge is 2.23. The number of nitrogen functional groups attached to an aromatic ring is 1. The first-order chi connectivity index (χ1) is 9.63. The van der Waals surface area contributed by atoms with Gasteiger partial charge in [0.05, 0.1) is 6.54 Å². The first-order valence-corrected chi connectivity index (χ1v) is 6.88. The molecular weight excluding hydrogens is 260 g/mol. The normalized spacial score (nSPS) is 19.8. The topological polar surface area (TPSA) is 101 Å². The monoisotopic (exact) mass is 280 g/mol. The molecule has 7 heteroatoms. The van der Waals surface area contributed by atoms with Crippen LogP contribution in [0.4, 0.5) is 0 Å². The van der Waals surface area contributed by atoms with Crippen LogP contribution in [-0.4, -0.2) is 28.4 Å². The zero-order chi connectivity index (χ0) is 14.5. The minimum Gasteiger partial charge on any atom is -0.359 e. The summed E-state index contributed by atoms with van der Waals surface area (Å²) in [5.74, 6) is 5.75. The van der Waals surface area contributed by atoms with Crippen molar-refractivity contribution in [2.24, 2.45) is 11.8 Å². The molecule has 2 amide bonds. The fourth-order valence-electron chi connectivity index (χ4n) is 2.43. The number of hydrazine groups is 1. The van der Waals surface area contributed by atoms with Crippen LogP contribution in [0.25, 0.3) is 0 Å². The number of hydrogen-bond acceptors (Lipinski definition) is 5. The Morgan fingerprint density at radius 1 is 1.60 bits per heavy atom. The van der Waals surface area contributed by atoms with Gasteiger partial charge in [-0.2, -0.15) is 0 Å². The maximum absolute atomic E-state index is 12.0. The van der Waals surface area contributed by atoms with E-state index in [1.807, 2.05) is 5.43 Å². The lowest BCUT2D eigenvalue weighted by atomic mass is 9.98. The molecule has 20 heavy (non-hydrogen) atoms. The van der Waals surface area contributed by atoms with Crippen LogP contribution in [0.2, 0.25) is 0 Å². The molecule has 1 aliphatic heterocycles. The highest BCUT2D eigenvalue weighted by atomic mass is 16.5. The van der Waals surface area contributed by atoms with E-state index < -0.39 is 5.91 Å². The molecule has 7 nitrogen and oxygen atoms in total. The van der Waals surface area contributed by atoms with Crippen molar-refractivity contribution in [3.63, 3.8) is 0 Å². The fourth-order valence-corrected chi connectivity index (χ4v) is 2.43. The highest BCUT2D eigenvalue weighted by Crippen LogP contribution is 2.22. The Bertz CT molecular complexity index is 486. The number of nitrogens with zero attached hydrogens (tertiary/aromatic N) is 2. The molecule has 0 spiro atoms. The lowest BCUT2D eigenvalue weighted by molar-refractivity contribution is -0.131. The van der Waals surface area contributed by atoms with E-state index in [0.717, 1.165) is 25.8 Å². The first kappa shape index (κ1) is 14.5. The smallest absolute Gasteiger partial charge is 0.287 e. The molecule has 0 saturated carbocycles. The van der Waals surface area contributed by atoms with E-state index >= 15 is 0 Å². The molecule has 1 unspecified atom stereocenters. The van der Waals surface area contributed by atoms with Crippen molar-refractivity contribution < 1.29 is 14.1 Å². The van der Waals surface area contributed by atoms with E-state index in [4.69, 9.17) is 10.4 Å². The third kappa shape index (κ3) is 3.36. The summed E-state index contributed by atoms with van der Waals surface area (Å²) in [5, 5.41) is 3.63. The van der Waals surface area contributed by atoms with Gasteiger partial charge in [0.2, 0.25) is 5.91 Å². The second kappa shape index (κ2) is 6.51. The van der Waals surface area contributed by atoms with Crippen molar-refractivity contribution in [2.75, 3.05) is 6.54 Å². The van der Waals surface area contributed by atoms with Crippen molar-refractivity contribution in [3.8, 4) is 0 Å². The number of aromatic nitrogens is 1. The lowest BCUT2D eigenvalue weighted by Gasteiger charge is -2.18. The average Bonchev–Trinajstić information content (AvgIpc) is 2.85. The van der Waals surface area contributed by atoms with E-state index in [2.05, 4.69) is 12.1 Å². The molecule has 0 bridgehead atoms. The molecule has 110 valence electrons. The Labute approximate surface area is 117 Å². The molecule has 1 aromatic heterocycles. The molecule has 0 aliphatic carbocycles. The summed E-state index contributed by atoms with van der Waals surface area (Å²) in [4.78, 5) is 25.1. The standard InChI is InChI=1S/C13H20N4O3/c1-2-9-3-4-12(18)17(6-5-9)8-10-7-11(16-20-10)13(19)15-14/h7,9H,2-6,8,14H2,1H3,(H,15,19). The van der Waals surface area contributed by atoms with Crippen LogP contribution in [0.5, 0.6) is 0 Å². The van der Waals surface area contributed by atoms with E-state index in [1.165, 1.54) is 6.07 Å². The molecule has 2 heterocycles. The summed E-state index contributed by atoms with van der Waals surface area (Å²) in [6, 6.07) is 1.51. The van der Waals surface area contributed by atoms with Gasteiger partial charge < -0.3 is 9.42 Å². The van der Waals surface area contributed by atoms with Crippen LogP contribution >= 0.6 is 0 Å². The Morgan fingerprint density at radius 3 is 3.10 bits per heavy atom. The van der Waals surface area contributed by atoms with Crippen LogP contribution < -0.4 is 11.3 Å². The number of nitrogens with two attached hydrogens (primary N) is 1. The SMILES string of the molecule is CCC1CCC(=O)N(Cc2cc(C(=O)NN)no2)CC1. The molecule has 1 atom stereocenters. The van der Waals surface area contributed by atoms with Crippen molar-refractivity contribution in [1.82, 2.24) is 15.5 Å². The zero-order valence-electron chi connectivity index (χ0n) is 11.6. The second-order valence-corrected chi connectivity index (χ2v) is 5.07. The minimum absolute atomic E-state index is 0.121. The van der Waals surface area contributed by atoms with Crippen molar-refractivity contribution >= 4 is 11.8 Å². The summed E-state index contributed by atoms with van der Waals surface area (Å²) in [7, 11) is 0. The Morgan fingerprint density at radius 2 is 2.40 bits per heavy atom. The maximum Gasteiger partial charge on any atom is 0.287 e. The van der Waals surface area contributed by atoms with Gasteiger partial charge in [-0.25, -0.2) is 5.84 Å². The number of carbonyl (C=O) groups is 2. The van der Waals surface area contributed by atoms with Crippen molar-refractivity contribution in [3.05, 3.63) is 17.5 Å². The van der Waals surface area contributed by atoms with Gasteiger partial charge in [-0.15, -0.1) is 0 Å². The van der Waals surface area contributed by atoms with Gasteiger partial charge in [-0.3, -0.25) is 15.0 Å². The van der Waals surface area contributed by atoms with E-state index in [9.17, 15) is 9.59 Å². The van der Waals surface area contributed by atoms with Crippen LogP contribution in [-0.2, 0) is 11.3 Å². The first-order valence-electron chi connectivity index (χ1n) is 6.88. The number of amides is 2. The molecule has 1 fully saturated rings. The van der Waals surface area contributed by atoms with Crippen LogP contribution in [0.3, 0.4) is 0 Å². The molecule has 3 N–H and O–H groups in total. The van der Waals surface area contributed by atoms with E-state index in [0.29, 0.717) is 24.6 Å². The quantitative estimate of drug-likeness (QED) is 0.483. The third-order valence-corrected chi connectivity index (χ3v) is 3.77. The van der Waals surface area contributed by atoms with Crippen LogP contribution in [0.15, 0.2) is 10.6 Å². The van der Waals surface area contributed by atoms with E-state index in [1.54, 1.807) is 4.90 Å². The predicted molar refractivity (Wildman–Crippen MR) is 71.2 cm³/mol. The molecule has 1 saturated heterocycles. The molecule has 1 aliphatic rings. The van der Waals surface area contributed by atoms with Gasteiger partial charge in [-0.1, -0.05) is 18.5 Å². The Balaban J connectivity index is 1.99. The van der Waals surface area contributed by atoms with Gasteiger partial charge in [0.15, 0.2) is 11.5 Å². The Hall–Kier alpha value is -1.89. The number of hydrogen-bond donors (Lipinski definition) is 2. The summed E-state index contributed by atoms with van der Waals surface area (Å²) in [5.41, 5.74) is 2.11. The van der Waals surface area contributed by atoms with Crippen LogP contribution in [0.1, 0.15) is 48.9 Å². The fraction of sp³-hybridized carbons (Fsp3) is 0.615. The molecule has 0 radical (unpaired) electrons. The largest absolute Gasteiger partial charge is 0.359 e. The number of likely N-dealkylation sites (tertiary alicyclic amines) is 1. The molecule has 2 rings (SSSR count). The van der Waals surface area contributed by atoms with Crippen LogP contribution in [0, 0.1) is 5.92 Å². The number of carbonyl (C=O) groups excluding carboxylic acids is 2. The maximum atomic E-state index is 12.0. The van der Waals surface area contributed by atoms with Gasteiger partial charge in [-0.05, 0) is 18.8 Å². The highest BCUT2D eigenvalue weighted by molar-refractivity contribution is 5.91. The number of rotatable bonds is 4. The molecular formula is C13H20N4O3. The van der Waals surface area contributed by atoms with Gasteiger partial charge >= 0.3 is 0 Å². The van der Waals surface area contributed by atoms with Gasteiger partial charge in [0.1, 0.15) is 0 Å². The average molecular weight is 280 g/mol. The second-order valence-electron chi connectivity index (χ2n) is 5.07. The zero-order valence-corrected chi connectivity index (χ0v) is 11.6. The number of nitrogens with one attached hydrogen (secondary N) is 1. The summed E-state index contributed by atoms with van der Waals surface area (Å²) >= 11 is 0. The predicted octanol–water partition coefficient (Wildman–Crippen LogP) is 0.817. The summed E-state index contributed by atoms with van der Waals surface area (Å²) < 4.78 is 5.07. The van der Waals surface area contributed by atoms with E-state index in [-0.39, 0.29) is 11.6 Å². The molecule has 0 aromatic carbocycles. The summed E-state index contributed by atoms with van der Waals surface area (Å²) in [6.07, 6.45) is 3.63. The van der Waals surface area contributed by atoms with Crippen molar-refractivity contribution in [1.29, 1.82) is 0 Å². The lowest BCUT2D eigenvalue weighted by Crippen LogP contribution is -2.30. The van der Waals surface area contributed by atoms with Gasteiger partial charge in [0, 0.05) is 19.0 Å². The minimum atomic E-state index is -0.506. The van der Waals surface area contributed by atoms with Crippen molar-refractivity contribution in [2.45, 2.75) is 39.2 Å². The van der Waals surface area contributed by atoms with Gasteiger partial charge in [0.25, 0.3) is 5.91 Å². The molecule has 1 aromatic rings. The Kier molecular flexibility index (Phi) is 4.73. The summed E-state index contributed by atoms with van der Waals surface area (Å²) in [6.45, 7) is 3.22.